The molecule has 0 bridgehead atoms. The maximum absolute atomic E-state index is 12.8. The fourth-order valence-electron chi connectivity index (χ4n) is 2.56. The van der Waals surface area contributed by atoms with Crippen LogP contribution in [0.25, 0.3) is 5.65 Å². The van der Waals surface area contributed by atoms with E-state index < -0.39 is 26.7 Å². The van der Waals surface area contributed by atoms with Gasteiger partial charge in [0.2, 0.25) is 0 Å². The quantitative estimate of drug-likeness (QED) is 0.750. The van der Waals surface area contributed by atoms with Gasteiger partial charge in [0.25, 0.3) is 10.0 Å². The van der Waals surface area contributed by atoms with E-state index in [1.165, 1.54) is 10.6 Å². The van der Waals surface area contributed by atoms with E-state index in [4.69, 9.17) is 0 Å². The molecule has 2 heterocycles. The number of alkyl halides is 3. The second kappa shape index (κ2) is 5.70. The minimum Gasteiger partial charge on any atom is -0.276 e. The van der Waals surface area contributed by atoms with Crippen LogP contribution in [-0.2, 0) is 16.2 Å². The Morgan fingerprint density at radius 2 is 1.92 bits per heavy atom. The van der Waals surface area contributed by atoms with Crippen LogP contribution in [-0.4, -0.2) is 23.0 Å². The van der Waals surface area contributed by atoms with Gasteiger partial charge in [-0.25, -0.2) is 17.9 Å². The van der Waals surface area contributed by atoms with Crippen molar-refractivity contribution < 1.29 is 21.6 Å². The molecule has 0 saturated heterocycles. The zero-order valence-corrected chi connectivity index (χ0v) is 14.0. The highest BCUT2D eigenvalue weighted by Gasteiger charge is 2.32. The van der Waals surface area contributed by atoms with Crippen LogP contribution in [0.4, 0.5) is 18.9 Å². The molecular formula is C16H13F3N4O2S. The predicted octanol–water partition coefficient (Wildman–Crippen LogP) is 3.43. The monoisotopic (exact) mass is 382 g/mol. The first-order valence-corrected chi connectivity index (χ1v) is 9.28. The van der Waals surface area contributed by atoms with Gasteiger partial charge in [-0.05, 0) is 43.2 Å². The molecule has 0 atom stereocenters. The zero-order chi connectivity index (χ0) is 18.5. The molecule has 0 unspecified atom stereocenters. The van der Waals surface area contributed by atoms with Gasteiger partial charge < -0.3 is 0 Å². The molecule has 0 amide bonds. The Kier molecular flexibility index (Phi) is 3.69. The van der Waals surface area contributed by atoms with Gasteiger partial charge in [-0.3, -0.25) is 4.72 Å². The van der Waals surface area contributed by atoms with Gasteiger partial charge >= 0.3 is 6.18 Å². The summed E-state index contributed by atoms with van der Waals surface area (Å²) in [5, 5.41) is 4.31. The van der Waals surface area contributed by atoms with E-state index >= 15 is 0 Å². The first-order valence-electron chi connectivity index (χ1n) is 7.79. The standard InChI is InChI=1S/C16H13F3N4O2S/c17-16(18,19)11-3-1-4-12(9-11)26(24,25)22-13-5-2-8-23-15(13)20-14(21-23)10-6-7-10/h1-5,8-10,22H,6-7H2. The number of aromatic nitrogens is 3. The second-order valence-corrected chi connectivity index (χ2v) is 7.75. The second-order valence-electron chi connectivity index (χ2n) is 6.07. The Bertz CT molecular complexity index is 1090. The summed E-state index contributed by atoms with van der Waals surface area (Å²) in [6, 6.07) is 6.66. The molecule has 6 nitrogen and oxygen atoms in total. The number of hydrogen-bond donors (Lipinski definition) is 1. The van der Waals surface area contributed by atoms with E-state index in [9.17, 15) is 21.6 Å². The molecule has 1 aromatic carbocycles. The Morgan fingerprint density at radius 1 is 1.15 bits per heavy atom. The van der Waals surface area contributed by atoms with Crippen molar-refractivity contribution in [2.45, 2.75) is 29.8 Å². The topological polar surface area (TPSA) is 76.4 Å². The number of anilines is 1. The summed E-state index contributed by atoms with van der Waals surface area (Å²) < 4.78 is 67.4. The van der Waals surface area contributed by atoms with Gasteiger partial charge in [0.15, 0.2) is 11.5 Å². The van der Waals surface area contributed by atoms with E-state index in [1.807, 2.05) is 0 Å². The molecule has 10 heteroatoms. The van der Waals surface area contributed by atoms with Crippen LogP contribution < -0.4 is 4.72 Å². The lowest BCUT2D eigenvalue weighted by atomic mass is 10.2. The summed E-state index contributed by atoms with van der Waals surface area (Å²) in [6.45, 7) is 0. The van der Waals surface area contributed by atoms with Crippen LogP contribution in [0.3, 0.4) is 0 Å². The summed E-state index contributed by atoms with van der Waals surface area (Å²) in [6.07, 6.45) is -1.02. The van der Waals surface area contributed by atoms with Crippen LogP contribution in [0.15, 0.2) is 47.5 Å². The zero-order valence-electron chi connectivity index (χ0n) is 13.2. The lowest BCUT2D eigenvalue weighted by molar-refractivity contribution is -0.137. The van der Waals surface area contributed by atoms with E-state index in [2.05, 4.69) is 14.8 Å². The van der Waals surface area contributed by atoms with E-state index in [-0.39, 0.29) is 11.6 Å². The molecule has 1 saturated carbocycles. The average molecular weight is 382 g/mol. The third-order valence-corrected chi connectivity index (χ3v) is 5.40. The molecule has 1 aliphatic carbocycles. The maximum atomic E-state index is 12.8. The van der Waals surface area contributed by atoms with Crippen molar-refractivity contribution in [1.29, 1.82) is 0 Å². The fraction of sp³-hybridized carbons (Fsp3) is 0.250. The first-order chi connectivity index (χ1) is 12.2. The fourth-order valence-corrected chi connectivity index (χ4v) is 3.67. The van der Waals surface area contributed by atoms with Gasteiger partial charge in [0, 0.05) is 12.1 Å². The smallest absolute Gasteiger partial charge is 0.276 e. The highest BCUT2D eigenvalue weighted by atomic mass is 32.2. The van der Waals surface area contributed by atoms with Crippen LogP contribution in [0, 0.1) is 0 Å². The minimum atomic E-state index is -4.63. The molecule has 1 fully saturated rings. The van der Waals surface area contributed by atoms with Crippen LogP contribution >= 0.6 is 0 Å². The van der Waals surface area contributed by atoms with Gasteiger partial charge in [0.1, 0.15) is 0 Å². The first kappa shape index (κ1) is 16.8. The summed E-state index contributed by atoms with van der Waals surface area (Å²) in [7, 11) is -4.21. The Labute approximate surface area is 146 Å². The number of nitrogens with one attached hydrogen (secondary N) is 1. The summed E-state index contributed by atoms with van der Waals surface area (Å²) in [5.74, 6) is 0.915. The van der Waals surface area contributed by atoms with Crippen molar-refractivity contribution in [3.8, 4) is 0 Å². The highest BCUT2D eigenvalue weighted by molar-refractivity contribution is 7.92. The number of fused-ring (bicyclic) bond motifs is 1. The molecule has 4 rings (SSSR count). The number of hydrogen-bond acceptors (Lipinski definition) is 4. The van der Waals surface area contributed by atoms with Crippen molar-refractivity contribution in [1.82, 2.24) is 14.6 Å². The van der Waals surface area contributed by atoms with Crippen molar-refractivity contribution in [3.05, 3.63) is 54.0 Å². The van der Waals surface area contributed by atoms with Crippen molar-refractivity contribution >= 4 is 21.4 Å². The van der Waals surface area contributed by atoms with Gasteiger partial charge in [-0.15, -0.1) is 0 Å². The molecule has 1 aliphatic rings. The molecule has 0 spiro atoms. The summed E-state index contributed by atoms with van der Waals surface area (Å²) in [5.41, 5.74) is -0.564. The van der Waals surface area contributed by atoms with Crippen LogP contribution in [0.5, 0.6) is 0 Å². The third-order valence-electron chi connectivity index (χ3n) is 4.04. The Morgan fingerprint density at radius 3 is 2.62 bits per heavy atom. The van der Waals surface area contributed by atoms with Gasteiger partial charge in [-0.2, -0.15) is 18.3 Å². The highest BCUT2D eigenvalue weighted by Crippen LogP contribution is 2.38. The summed E-state index contributed by atoms with van der Waals surface area (Å²) >= 11 is 0. The molecule has 1 N–H and O–H groups in total. The maximum Gasteiger partial charge on any atom is 0.416 e. The molecule has 0 radical (unpaired) electrons. The number of sulfonamides is 1. The number of rotatable bonds is 4. The van der Waals surface area contributed by atoms with E-state index in [0.29, 0.717) is 17.5 Å². The summed E-state index contributed by atoms with van der Waals surface area (Å²) in [4.78, 5) is 3.88. The molecule has 2 aromatic heterocycles. The van der Waals surface area contributed by atoms with Gasteiger partial charge in [0.05, 0.1) is 16.1 Å². The third kappa shape index (κ3) is 3.12. The predicted molar refractivity (Wildman–Crippen MR) is 87.2 cm³/mol. The number of nitrogens with zero attached hydrogens (tertiary/aromatic N) is 3. The van der Waals surface area contributed by atoms with Crippen molar-refractivity contribution in [2.24, 2.45) is 0 Å². The Hall–Kier alpha value is -2.62. The lowest BCUT2D eigenvalue weighted by Gasteiger charge is -2.11. The van der Waals surface area contributed by atoms with E-state index in [0.717, 1.165) is 31.0 Å². The molecule has 0 aliphatic heterocycles. The average Bonchev–Trinajstić information content (AvgIpc) is 3.33. The van der Waals surface area contributed by atoms with Crippen molar-refractivity contribution in [2.75, 3.05) is 4.72 Å². The van der Waals surface area contributed by atoms with Crippen molar-refractivity contribution in [3.63, 3.8) is 0 Å². The number of benzene rings is 1. The number of pyridine rings is 1. The van der Waals surface area contributed by atoms with E-state index in [1.54, 1.807) is 12.3 Å². The molecular weight excluding hydrogens is 369 g/mol. The largest absolute Gasteiger partial charge is 0.416 e. The number of halogens is 3. The molecule has 26 heavy (non-hydrogen) atoms. The Balaban J connectivity index is 1.71. The van der Waals surface area contributed by atoms with Gasteiger partial charge in [-0.1, -0.05) is 6.07 Å². The van der Waals surface area contributed by atoms with Crippen LogP contribution in [0.2, 0.25) is 0 Å². The SMILES string of the molecule is O=S(=O)(Nc1cccn2nc(C3CC3)nc12)c1cccc(C(F)(F)F)c1. The molecule has 3 aromatic rings. The lowest BCUT2D eigenvalue weighted by Crippen LogP contribution is -2.15. The minimum absolute atomic E-state index is 0.157. The van der Waals surface area contributed by atoms with Crippen LogP contribution in [0.1, 0.15) is 30.1 Å². The molecule has 136 valence electrons. The normalized spacial score (nSPS) is 15.3.